The van der Waals surface area contributed by atoms with Crippen molar-refractivity contribution in [2.45, 2.75) is 44.7 Å². The number of hydrogen-bond donors (Lipinski definition) is 1. The lowest BCUT2D eigenvalue weighted by Crippen LogP contribution is -2.52. The van der Waals surface area contributed by atoms with Crippen LogP contribution in [0.1, 0.15) is 45.9 Å². The number of hydrogen-bond acceptors (Lipinski definition) is 7. The van der Waals surface area contributed by atoms with Crippen LogP contribution in [0, 0.1) is 18.8 Å². The van der Waals surface area contributed by atoms with Gasteiger partial charge in [0.2, 0.25) is 0 Å². The molecule has 3 heterocycles. The van der Waals surface area contributed by atoms with Gasteiger partial charge < -0.3 is 14.6 Å². The van der Waals surface area contributed by atoms with Crippen molar-refractivity contribution in [2.24, 2.45) is 11.8 Å². The van der Waals surface area contributed by atoms with Crippen molar-refractivity contribution >= 4 is 28.7 Å². The molecule has 2 aliphatic heterocycles. The highest BCUT2D eigenvalue weighted by atomic mass is 19.3. The Labute approximate surface area is 262 Å². The van der Waals surface area contributed by atoms with E-state index in [2.05, 4.69) is 9.88 Å². The second-order valence-corrected chi connectivity index (χ2v) is 12.1. The fourth-order valence-corrected chi connectivity index (χ4v) is 6.71. The van der Waals surface area contributed by atoms with E-state index in [1.807, 2.05) is 37.4 Å². The summed E-state index contributed by atoms with van der Waals surface area (Å²) in [5.41, 5.74) is 3.55. The molecule has 6 rings (SSSR count). The number of piperazine rings is 1. The molecule has 244 valence electrons. The minimum absolute atomic E-state index is 0.0319. The van der Waals surface area contributed by atoms with Crippen LogP contribution < -0.4 is 4.74 Å². The molecule has 3 unspecified atom stereocenters. The number of carbonyl (C=O) groups is 3. The number of nitrogens with one attached hydrogen (secondary N) is 1. The third kappa shape index (κ3) is 5.89. The number of aryl methyl sites for hydroxylation is 1. The second kappa shape index (κ2) is 12.5. The van der Waals surface area contributed by atoms with Gasteiger partial charge in [0, 0.05) is 54.9 Å². The normalized spacial score (nSPS) is 22.6. The summed E-state index contributed by atoms with van der Waals surface area (Å²) in [5, 5.41) is 1.50. The molecule has 1 N–H and O–H groups in total. The minimum Gasteiger partial charge on any atom is -0.496 e. The quantitative estimate of drug-likeness (QED) is 0.193. The number of imide groups is 1. The molecule has 0 bridgehead atoms. The van der Waals surface area contributed by atoms with Gasteiger partial charge in [-0.15, -0.1) is 5.06 Å². The van der Waals surface area contributed by atoms with E-state index in [-0.39, 0.29) is 18.7 Å². The Bertz CT molecular complexity index is 1650. The van der Waals surface area contributed by atoms with Crippen molar-refractivity contribution in [3.8, 4) is 5.75 Å². The SMILES string of the molecule is COc1cc(C)c2[nH]ccc2c1CN1CCN(CC(F)(F)C(F)F)CC1c1ccc(C(=O)ON2C(=O)C3CC=CCC3C2=O)cc1. The van der Waals surface area contributed by atoms with Crippen LogP contribution in [-0.2, 0) is 21.0 Å². The summed E-state index contributed by atoms with van der Waals surface area (Å²) in [7, 11) is 1.57. The van der Waals surface area contributed by atoms with Gasteiger partial charge in [0.05, 0.1) is 31.1 Å². The molecule has 2 fully saturated rings. The number of aromatic nitrogens is 1. The first-order chi connectivity index (χ1) is 22.0. The predicted molar refractivity (Wildman–Crippen MR) is 159 cm³/mol. The van der Waals surface area contributed by atoms with E-state index in [1.54, 1.807) is 19.2 Å². The number of ether oxygens (including phenoxy) is 1. The highest BCUT2D eigenvalue weighted by molar-refractivity contribution is 6.06. The number of benzene rings is 2. The molecule has 0 spiro atoms. The van der Waals surface area contributed by atoms with Gasteiger partial charge in [0.1, 0.15) is 5.75 Å². The molecule has 0 radical (unpaired) electrons. The zero-order valence-corrected chi connectivity index (χ0v) is 25.4. The Morgan fingerprint density at radius 1 is 1.04 bits per heavy atom. The number of nitrogens with zero attached hydrogens (tertiary/aromatic N) is 3. The number of fused-ring (bicyclic) bond motifs is 2. The maximum absolute atomic E-state index is 14.1. The summed E-state index contributed by atoms with van der Waals surface area (Å²) >= 11 is 0. The maximum atomic E-state index is 14.1. The van der Waals surface area contributed by atoms with Crippen molar-refractivity contribution in [3.05, 3.63) is 77.0 Å². The van der Waals surface area contributed by atoms with Crippen LogP contribution in [-0.4, -0.2) is 83.3 Å². The summed E-state index contributed by atoms with van der Waals surface area (Å²) < 4.78 is 60.1. The number of halogens is 4. The standard InChI is InChI=1S/C33H34F4N4O5/c1-19-15-27(45-2)25(22-11-12-38-28(19)22)16-40-14-13-39(18-33(36,37)32(34)35)17-26(40)20-7-9-21(10-8-20)31(44)46-41-29(42)23-5-3-4-6-24(23)30(41)43/h3-4,7-12,15,23-24,26,32,38H,5-6,13-14,16-18H2,1-2H3. The average molecular weight is 643 g/mol. The minimum atomic E-state index is -4.17. The largest absolute Gasteiger partial charge is 0.496 e. The Kier molecular flexibility index (Phi) is 8.64. The molecular formula is C33H34F4N4O5. The number of methoxy groups -OCH3 is 1. The van der Waals surface area contributed by atoms with Crippen LogP contribution in [0.15, 0.2) is 54.7 Å². The second-order valence-electron chi connectivity index (χ2n) is 12.1. The van der Waals surface area contributed by atoms with E-state index in [0.29, 0.717) is 42.3 Å². The number of allylic oxidation sites excluding steroid dienone is 2. The van der Waals surface area contributed by atoms with Crippen molar-refractivity contribution in [1.29, 1.82) is 0 Å². The molecule has 46 heavy (non-hydrogen) atoms. The Balaban J connectivity index is 1.25. The summed E-state index contributed by atoms with van der Waals surface area (Å²) in [6.45, 7) is 1.72. The Morgan fingerprint density at radius 3 is 2.35 bits per heavy atom. The number of alkyl halides is 4. The van der Waals surface area contributed by atoms with Gasteiger partial charge in [0.15, 0.2) is 0 Å². The molecule has 2 saturated heterocycles. The van der Waals surface area contributed by atoms with Gasteiger partial charge in [-0.05, 0) is 55.2 Å². The zero-order valence-electron chi connectivity index (χ0n) is 25.4. The number of amides is 2. The first kappa shape index (κ1) is 31.7. The summed E-state index contributed by atoms with van der Waals surface area (Å²) in [5.74, 6) is -6.60. The van der Waals surface area contributed by atoms with E-state index in [4.69, 9.17) is 9.57 Å². The molecule has 3 atom stereocenters. The van der Waals surface area contributed by atoms with Gasteiger partial charge in [-0.3, -0.25) is 19.4 Å². The highest BCUT2D eigenvalue weighted by Crippen LogP contribution is 2.37. The molecule has 2 amide bonds. The summed E-state index contributed by atoms with van der Waals surface area (Å²) in [6.07, 6.45) is 2.50. The molecular weight excluding hydrogens is 608 g/mol. The van der Waals surface area contributed by atoms with E-state index in [1.165, 1.54) is 17.0 Å². The monoisotopic (exact) mass is 642 g/mol. The maximum Gasteiger partial charge on any atom is 0.363 e. The molecule has 9 nitrogen and oxygen atoms in total. The number of H-pyrrole nitrogens is 1. The third-order valence-corrected chi connectivity index (χ3v) is 9.19. The fourth-order valence-electron chi connectivity index (χ4n) is 6.71. The zero-order chi connectivity index (χ0) is 32.7. The molecule has 1 aliphatic carbocycles. The van der Waals surface area contributed by atoms with Crippen LogP contribution >= 0.6 is 0 Å². The summed E-state index contributed by atoms with van der Waals surface area (Å²) in [6, 6.07) is 9.57. The van der Waals surface area contributed by atoms with E-state index in [0.717, 1.165) is 22.0 Å². The number of aromatic amines is 1. The smallest absolute Gasteiger partial charge is 0.363 e. The van der Waals surface area contributed by atoms with Gasteiger partial charge in [-0.2, -0.15) is 8.78 Å². The topological polar surface area (TPSA) is 95.2 Å². The fraction of sp³-hybridized carbons (Fsp3) is 0.424. The lowest BCUT2D eigenvalue weighted by molar-refractivity contribution is -0.174. The van der Waals surface area contributed by atoms with Crippen LogP contribution in [0.25, 0.3) is 10.9 Å². The lowest BCUT2D eigenvalue weighted by atomic mass is 9.85. The lowest BCUT2D eigenvalue weighted by Gasteiger charge is -2.42. The first-order valence-electron chi connectivity index (χ1n) is 15.1. The summed E-state index contributed by atoms with van der Waals surface area (Å²) in [4.78, 5) is 50.3. The number of carbonyl (C=O) groups excluding carboxylic acids is 3. The Morgan fingerprint density at radius 2 is 1.72 bits per heavy atom. The van der Waals surface area contributed by atoms with Crippen molar-refractivity contribution in [3.63, 3.8) is 0 Å². The molecule has 3 aliphatic rings. The molecule has 2 aromatic carbocycles. The van der Waals surface area contributed by atoms with Gasteiger partial charge in [0.25, 0.3) is 11.8 Å². The van der Waals surface area contributed by atoms with Crippen molar-refractivity contribution < 1.29 is 41.5 Å². The van der Waals surface area contributed by atoms with Crippen molar-refractivity contribution in [2.75, 3.05) is 33.3 Å². The predicted octanol–water partition coefficient (Wildman–Crippen LogP) is 5.27. The molecule has 3 aromatic rings. The third-order valence-electron chi connectivity index (χ3n) is 9.19. The average Bonchev–Trinajstić information content (AvgIpc) is 3.63. The van der Waals surface area contributed by atoms with Crippen LogP contribution in [0.4, 0.5) is 17.6 Å². The number of hydroxylamine groups is 2. The number of rotatable bonds is 9. The van der Waals surface area contributed by atoms with Gasteiger partial charge in [-0.25, -0.2) is 13.6 Å². The Hall–Kier alpha value is -4.23. The highest BCUT2D eigenvalue weighted by Gasteiger charge is 2.50. The van der Waals surface area contributed by atoms with Crippen LogP contribution in [0.2, 0.25) is 0 Å². The van der Waals surface area contributed by atoms with Gasteiger partial charge >= 0.3 is 18.3 Å². The first-order valence-corrected chi connectivity index (χ1v) is 15.1. The van der Waals surface area contributed by atoms with Crippen LogP contribution in [0.5, 0.6) is 5.75 Å². The van der Waals surface area contributed by atoms with E-state index in [9.17, 15) is 31.9 Å². The van der Waals surface area contributed by atoms with Gasteiger partial charge in [-0.1, -0.05) is 24.3 Å². The molecule has 1 aromatic heterocycles. The van der Waals surface area contributed by atoms with Crippen LogP contribution in [0.3, 0.4) is 0 Å². The molecule has 13 heteroatoms. The van der Waals surface area contributed by atoms with E-state index < -0.39 is 54.6 Å². The molecule has 0 saturated carbocycles. The van der Waals surface area contributed by atoms with E-state index >= 15 is 0 Å². The van der Waals surface area contributed by atoms with Crippen molar-refractivity contribution in [1.82, 2.24) is 19.8 Å².